The predicted molar refractivity (Wildman–Crippen MR) is 65.1 cm³/mol. The number of rotatable bonds is 2. The number of hydrogen-bond donors (Lipinski definition) is 1. The van der Waals surface area contributed by atoms with E-state index < -0.39 is 0 Å². The monoisotopic (exact) mass is 281 g/mol. The van der Waals surface area contributed by atoms with E-state index >= 15 is 0 Å². The van der Waals surface area contributed by atoms with E-state index in [9.17, 15) is 9.18 Å². The Labute approximate surface area is 100 Å². The molecule has 0 amide bonds. The Kier molecular flexibility index (Phi) is 3.19. The van der Waals surface area contributed by atoms with E-state index in [1.807, 2.05) is 6.07 Å². The zero-order valence-corrected chi connectivity index (χ0v) is 9.92. The van der Waals surface area contributed by atoms with Crippen LogP contribution in [0.25, 0.3) is 11.1 Å². The summed E-state index contributed by atoms with van der Waals surface area (Å²) in [5.74, 6) is -0.309. The van der Waals surface area contributed by atoms with Crippen LogP contribution in [-0.4, -0.2) is 4.98 Å². The van der Waals surface area contributed by atoms with Crippen LogP contribution in [-0.2, 0) is 5.33 Å². The van der Waals surface area contributed by atoms with Gasteiger partial charge in [0, 0.05) is 11.5 Å². The van der Waals surface area contributed by atoms with Gasteiger partial charge in [-0.15, -0.1) is 0 Å². The van der Waals surface area contributed by atoms with Crippen LogP contribution in [0.1, 0.15) is 5.56 Å². The molecular weight excluding hydrogens is 273 g/mol. The Morgan fingerprint density at radius 2 is 1.88 bits per heavy atom. The Morgan fingerprint density at radius 3 is 2.50 bits per heavy atom. The van der Waals surface area contributed by atoms with Gasteiger partial charge in [-0.05, 0) is 29.3 Å². The molecule has 0 unspecified atom stereocenters. The fourth-order valence-electron chi connectivity index (χ4n) is 1.56. The zero-order valence-electron chi connectivity index (χ0n) is 8.34. The van der Waals surface area contributed by atoms with Crippen molar-refractivity contribution in [1.82, 2.24) is 4.98 Å². The minimum absolute atomic E-state index is 0.163. The summed E-state index contributed by atoms with van der Waals surface area (Å²) in [5, 5.41) is 0.587. The molecule has 0 fully saturated rings. The summed E-state index contributed by atoms with van der Waals surface area (Å²) in [7, 11) is 0. The number of aromatic amines is 1. The van der Waals surface area contributed by atoms with Crippen molar-refractivity contribution in [3.63, 3.8) is 0 Å². The highest BCUT2D eigenvalue weighted by molar-refractivity contribution is 9.08. The third kappa shape index (κ3) is 2.07. The summed E-state index contributed by atoms with van der Waals surface area (Å²) in [4.78, 5) is 14.3. The highest BCUT2D eigenvalue weighted by Crippen LogP contribution is 2.21. The topological polar surface area (TPSA) is 32.9 Å². The molecule has 0 saturated heterocycles. The molecule has 2 aromatic rings. The van der Waals surface area contributed by atoms with Gasteiger partial charge in [0.1, 0.15) is 5.82 Å². The second-order valence-corrected chi connectivity index (χ2v) is 3.91. The second kappa shape index (κ2) is 4.61. The third-order valence-corrected chi connectivity index (χ3v) is 2.93. The van der Waals surface area contributed by atoms with Crippen molar-refractivity contribution in [3.05, 3.63) is 58.3 Å². The van der Waals surface area contributed by atoms with Crippen molar-refractivity contribution in [2.24, 2.45) is 0 Å². The minimum Gasteiger partial charge on any atom is -0.329 e. The first-order valence-electron chi connectivity index (χ1n) is 4.75. The molecular formula is C12H9BrFNO. The molecule has 1 aromatic heterocycles. The van der Waals surface area contributed by atoms with Gasteiger partial charge < -0.3 is 4.98 Å². The van der Waals surface area contributed by atoms with E-state index in [-0.39, 0.29) is 11.4 Å². The first-order valence-corrected chi connectivity index (χ1v) is 5.87. The molecule has 0 radical (unpaired) electrons. The highest BCUT2D eigenvalue weighted by atomic mass is 79.9. The van der Waals surface area contributed by atoms with E-state index in [1.165, 1.54) is 12.1 Å². The quantitative estimate of drug-likeness (QED) is 0.844. The van der Waals surface area contributed by atoms with Crippen LogP contribution >= 0.6 is 15.9 Å². The Bertz CT molecular complexity index is 548. The number of benzene rings is 1. The molecule has 2 rings (SSSR count). The molecule has 0 spiro atoms. The molecule has 82 valence electrons. The van der Waals surface area contributed by atoms with Crippen LogP contribution in [0, 0.1) is 5.82 Å². The molecule has 1 heterocycles. The first kappa shape index (κ1) is 11.1. The maximum absolute atomic E-state index is 12.8. The van der Waals surface area contributed by atoms with Crippen molar-refractivity contribution in [2.45, 2.75) is 5.33 Å². The number of pyridine rings is 1. The first-order chi connectivity index (χ1) is 7.72. The lowest BCUT2D eigenvalue weighted by Gasteiger charge is -2.05. The van der Waals surface area contributed by atoms with Crippen LogP contribution in [0.3, 0.4) is 0 Å². The summed E-state index contributed by atoms with van der Waals surface area (Å²) in [6.07, 6.45) is 1.60. The van der Waals surface area contributed by atoms with Gasteiger partial charge in [-0.1, -0.05) is 28.1 Å². The molecule has 16 heavy (non-hydrogen) atoms. The van der Waals surface area contributed by atoms with Crippen molar-refractivity contribution in [1.29, 1.82) is 0 Å². The SMILES string of the molecule is O=c1[nH]ccc(CBr)c1-c1ccc(F)cc1. The summed E-state index contributed by atoms with van der Waals surface area (Å²) in [6.45, 7) is 0. The molecule has 1 aromatic carbocycles. The van der Waals surface area contributed by atoms with E-state index in [0.29, 0.717) is 10.9 Å². The van der Waals surface area contributed by atoms with Crippen molar-refractivity contribution >= 4 is 15.9 Å². The molecule has 0 aliphatic rings. The minimum atomic E-state index is -0.309. The third-order valence-electron chi connectivity index (χ3n) is 2.32. The maximum Gasteiger partial charge on any atom is 0.256 e. The molecule has 4 heteroatoms. The van der Waals surface area contributed by atoms with E-state index in [1.54, 1.807) is 18.3 Å². The fourth-order valence-corrected chi connectivity index (χ4v) is 2.03. The molecule has 0 aliphatic carbocycles. The van der Waals surface area contributed by atoms with Gasteiger partial charge in [0.15, 0.2) is 0 Å². The molecule has 0 atom stereocenters. The highest BCUT2D eigenvalue weighted by Gasteiger charge is 2.08. The average molecular weight is 282 g/mol. The summed E-state index contributed by atoms with van der Waals surface area (Å²) in [5.41, 5.74) is 2.02. The number of nitrogens with one attached hydrogen (secondary N) is 1. The lowest BCUT2D eigenvalue weighted by Crippen LogP contribution is -2.10. The van der Waals surface area contributed by atoms with E-state index in [0.717, 1.165) is 11.1 Å². The maximum atomic E-state index is 12.8. The Hall–Kier alpha value is -1.42. The van der Waals surface area contributed by atoms with Gasteiger partial charge in [0.05, 0.1) is 5.56 Å². The predicted octanol–water partition coefficient (Wildman–Crippen LogP) is 3.08. The van der Waals surface area contributed by atoms with Gasteiger partial charge in [-0.25, -0.2) is 4.39 Å². The zero-order chi connectivity index (χ0) is 11.5. The van der Waals surface area contributed by atoms with Gasteiger partial charge in [-0.3, -0.25) is 4.79 Å². The Balaban J connectivity index is 2.63. The number of alkyl halides is 1. The lowest BCUT2D eigenvalue weighted by molar-refractivity contribution is 0.628. The molecule has 0 saturated carbocycles. The number of H-pyrrole nitrogens is 1. The average Bonchev–Trinajstić information content (AvgIpc) is 2.30. The van der Waals surface area contributed by atoms with Crippen LogP contribution in [0.2, 0.25) is 0 Å². The molecule has 2 nitrogen and oxygen atoms in total. The van der Waals surface area contributed by atoms with Crippen LogP contribution in [0.5, 0.6) is 0 Å². The molecule has 1 N–H and O–H groups in total. The molecule has 0 bridgehead atoms. The van der Waals surface area contributed by atoms with Gasteiger partial charge in [-0.2, -0.15) is 0 Å². The number of hydrogen-bond acceptors (Lipinski definition) is 1. The smallest absolute Gasteiger partial charge is 0.256 e. The largest absolute Gasteiger partial charge is 0.329 e. The van der Waals surface area contributed by atoms with E-state index in [2.05, 4.69) is 20.9 Å². The standard InChI is InChI=1S/C12H9BrFNO/c13-7-9-5-6-15-12(16)11(9)8-1-3-10(14)4-2-8/h1-6H,7H2,(H,15,16). The van der Waals surface area contributed by atoms with Gasteiger partial charge in [0.2, 0.25) is 0 Å². The van der Waals surface area contributed by atoms with E-state index in [4.69, 9.17) is 0 Å². The van der Waals surface area contributed by atoms with Crippen molar-refractivity contribution in [3.8, 4) is 11.1 Å². The fraction of sp³-hybridized carbons (Fsp3) is 0.0833. The molecule has 0 aliphatic heterocycles. The lowest BCUT2D eigenvalue weighted by atomic mass is 10.0. The summed E-state index contributed by atoms with van der Waals surface area (Å²) in [6, 6.07) is 7.73. The normalized spacial score (nSPS) is 10.4. The van der Waals surface area contributed by atoms with Crippen molar-refractivity contribution < 1.29 is 4.39 Å². The number of aromatic nitrogens is 1. The summed E-state index contributed by atoms with van der Waals surface area (Å²) < 4.78 is 12.8. The van der Waals surface area contributed by atoms with Gasteiger partial charge >= 0.3 is 0 Å². The van der Waals surface area contributed by atoms with Crippen LogP contribution in [0.15, 0.2) is 41.3 Å². The van der Waals surface area contributed by atoms with Crippen molar-refractivity contribution in [2.75, 3.05) is 0 Å². The van der Waals surface area contributed by atoms with Crippen LogP contribution in [0.4, 0.5) is 4.39 Å². The Morgan fingerprint density at radius 1 is 1.19 bits per heavy atom. The second-order valence-electron chi connectivity index (χ2n) is 3.35. The van der Waals surface area contributed by atoms with Crippen LogP contribution < -0.4 is 5.56 Å². The summed E-state index contributed by atoms with van der Waals surface area (Å²) >= 11 is 3.33. The number of halogens is 2. The van der Waals surface area contributed by atoms with Gasteiger partial charge in [0.25, 0.3) is 5.56 Å².